The molecule has 3 rings (SSSR count). The lowest BCUT2D eigenvalue weighted by Gasteiger charge is -2.26. The molecular formula is C22H20ClF. The van der Waals surface area contributed by atoms with Crippen molar-refractivity contribution in [1.82, 2.24) is 0 Å². The second-order valence-electron chi connectivity index (χ2n) is 6.16. The van der Waals surface area contributed by atoms with Gasteiger partial charge in [0.15, 0.2) is 0 Å². The minimum Gasteiger partial charge on any atom is -0.207 e. The van der Waals surface area contributed by atoms with Gasteiger partial charge in [0.1, 0.15) is 5.82 Å². The lowest BCUT2D eigenvalue weighted by molar-refractivity contribution is 0.568. The first-order chi connectivity index (χ1) is 11.6. The highest BCUT2D eigenvalue weighted by Gasteiger charge is 2.23. The lowest BCUT2D eigenvalue weighted by Crippen LogP contribution is -2.12. The summed E-state index contributed by atoms with van der Waals surface area (Å²) in [4.78, 5) is 0. The molecule has 0 heterocycles. The van der Waals surface area contributed by atoms with E-state index in [4.69, 9.17) is 11.6 Å². The molecule has 24 heavy (non-hydrogen) atoms. The van der Waals surface area contributed by atoms with Gasteiger partial charge in [0.2, 0.25) is 0 Å². The molecule has 0 spiro atoms. The van der Waals surface area contributed by atoms with Crippen LogP contribution in [0.2, 0.25) is 5.02 Å². The summed E-state index contributed by atoms with van der Waals surface area (Å²) in [5, 5.41) is 0.783. The van der Waals surface area contributed by atoms with E-state index in [9.17, 15) is 4.39 Å². The van der Waals surface area contributed by atoms with E-state index in [2.05, 4.69) is 37.3 Å². The van der Waals surface area contributed by atoms with Crippen LogP contribution < -0.4 is 0 Å². The molecule has 0 aliphatic rings. The first-order valence-corrected chi connectivity index (χ1v) is 8.57. The average Bonchev–Trinajstić information content (AvgIpc) is 2.61. The van der Waals surface area contributed by atoms with Crippen LogP contribution in [0.4, 0.5) is 4.39 Å². The molecule has 0 nitrogen and oxygen atoms in total. The van der Waals surface area contributed by atoms with Crippen LogP contribution in [0.3, 0.4) is 0 Å². The third-order valence-electron chi connectivity index (χ3n) is 4.60. The van der Waals surface area contributed by atoms with E-state index in [0.29, 0.717) is 0 Å². The monoisotopic (exact) mass is 338 g/mol. The van der Waals surface area contributed by atoms with Gasteiger partial charge in [-0.1, -0.05) is 79.2 Å². The molecule has 0 saturated heterocycles. The second-order valence-corrected chi connectivity index (χ2v) is 6.57. The molecule has 0 amide bonds. The zero-order chi connectivity index (χ0) is 16.9. The number of hydrogen-bond donors (Lipinski definition) is 0. The summed E-state index contributed by atoms with van der Waals surface area (Å²) in [5.74, 6) is 0.250. The highest BCUT2D eigenvalue weighted by molar-refractivity contribution is 6.31. The van der Waals surface area contributed by atoms with E-state index in [0.717, 1.165) is 22.6 Å². The average molecular weight is 339 g/mol. The van der Waals surface area contributed by atoms with E-state index in [1.807, 2.05) is 36.4 Å². The Hall–Kier alpha value is -2.12. The van der Waals surface area contributed by atoms with Crippen LogP contribution in [0.25, 0.3) is 0 Å². The van der Waals surface area contributed by atoms with Gasteiger partial charge in [-0.3, -0.25) is 0 Å². The molecule has 0 radical (unpaired) electrons. The first-order valence-electron chi connectivity index (χ1n) is 8.19. The van der Waals surface area contributed by atoms with Crippen molar-refractivity contribution < 1.29 is 4.39 Å². The molecule has 2 unspecified atom stereocenters. The summed E-state index contributed by atoms with van der Waals surface area (Å²) in [5.41, 5.74) is 3.53. The number of halogens is 2. The predicted molar refractivity (Wildman–Crippen MR) is 99.2 cm³/mol. The van der Waals surface area contributed by atoms with E-state index in [1.54, 1.807) is 0 Å². The van der Waals surface area contributed by atoms with Crippen LogP contribution in [0.5, 0.6) is 0 Å². The summed E-state index contributed by atoms with van der Waals surface area (Å²) in [7, 11) is 0. The molecule has 0 aliphatic carbocycles. The van der Waals surface area contributed by atoms with E-state index in [-0.39, 0.29) is 17.7 Å². The van der Waals surface area contributed by atoms with Crippen molar-refractivity contribution in [3.05, 3.63) is 106 Å². The van der Waals surface area contributed by atoms with Gasteiger partial charge in [-0.2, -0.15) is 0 Å². The van der Waals surface area contributed by atoms with Gasteiger partial charge in [0, 0.05) is 5.02 Å². The van der Waals surface area contributed by atoms with Gasteiger partial charge in [-0.25, -0.2) is 4.39 Å². The minimum atomic E-state index is -0.206. The van der Waals surface area contributed by atoms with E-state index >= 15 is 0 Å². The normalized spacial score (nSPS) is 13.5. The van der Waals surface area contributed by atoms with Gasteiger partial charge in [0.05, 0.1) is 0 Å². The molecule has 0 saturated carbocycles. The van der Waals surface area contributed by atoms with Gasteiger partial charge in [-0.15, -0.1) is 0 Å². The van der Waals surface area contributed by atoms with E-state index < -0.39 is 0 Å². The maximum Gasteiger partial charge on any atom is 0.123 e. The highest BCUT2D eigenvalue weighted by Crippen LogP contribution is 2.38. The van der Waals surface area contributed by atoms with Crippen LogP contribution in [0, 0.1) is 5.82 Å². The fraction of sp³-hybridized carbons (Fsp3) is 0.182. The topological polar surface area (TPSA) is 0 Å². The molecule has 0 bridgehead atoms. The Bertz CT molecular complexity index is 781. The Labute approximate surface area is 147 Å². The summed E-state index contributed by atoms with van der Waals surface area (Å²) in [6, 6.07) is 25.2. The zero-order valence-corrected chi connectivity index (χ0v) is 14.4. The Morgan fingerprint density at radius 2 is 1.46 bits per heavy atom. The third-order valence-corrected chi connectivity index (χ3v) is 4.94. The summed E-state index contributed by atoms with van der Waals surface area (Å²) in [6.45, 7) is 2.19. The first kappa shape index (κ1) is 16.7. The Morgan fingerprint density at radius 3 is 2.12 bits per heavy atom. The molecule has 0 aromatic heterocycles. The van der Waals surface area contributed by atoms with Crippen molar-refractivity contribution in [1.29, 1.82) is 0 Å². The van der Waals surface area contributed by atoms with Crippen molar-refractivity contribution in [2.24, 2.45) is 0 Å². The fourth-order valence-corrected chi connectivity index (χ4v) is 3.53. The highest BCUT2D eigenvalue weighted by atomic mass is 35.5. The van der Waals surface area contributed by atoms with Crippen molar-refractivity contribution in [3.63, 3.8) is 0 Å². The molecule has 3 aromatic rings. The Balaban J connectivity index is 1.98. The Kier molecular flexibility index (Phi) is 5.32. The van der Waals surface area contributed by atoms with Crippen LogP contribution in [0.1, 0.15) is 35.4 Å². The maximum atomic E-state index is 13.3. The molecule has 0 aliphatic heterocycles. The largest absolute Gasteiger partial charge is 0.207 e. The van der Waals surface area contributed by atoms with Crippen molar-refractivity contribution in [3.8, 4) is 0 Å². The summed E-state index contributed by atoms with van der Waals surface area (Å²) in [6.07, 6.45) is 0.888. The maximum absolute atomic E-state index is 13.3. The SMILES string of the molecule is CC(c1ccccc1Cl)C(Cc1ccccc1)c1ccc(F)cc1. The van der Waals surface area contributed by atoms with Crippen molar-refractivity contribution >= 4 is 11.6 Å². The molecule has 0 N–H and O–H groups in total. The number of hydrogen-bond acceptors (Lipinski definition) is 0. The molecule has 2 atom stereocenters. The number of benzene rings is 3. The lowest BCUT2D eigenvalue weighted by atomic mass is 9.79. The van der Waals surface area contributed by atoms with Gasteiger partial charge in [0.25, 0.3) is 0 Å². The molecule has 2 heteroatoms. The molecule has 3 aromatic carbocycles. The van der Waals surface area contributed by atoms with Gasteiger partial charge < -0.3 is 0 Å². The molecule has 122 valence electrons. The van der Waals surface area contributed by atoms with Crippen molar-refractivity contribution in [2.45, 2.75) is 25.2 Å². The molecular weight excluding hydrogens is 319 g/mol. The quantitative estimate of drug-likeness (QED) is 0.491. The standard InChI is InChI=1S/C22H20ClF/c1-16(20-9-5-6-10-22(20)23)21(15-17-7-3-2-4-8-17)18-11-13-19(24)14-12-18/h2-14,16,21H,15H2,1H3. The second kappa shape index (κ2) is 7.63. The van der Waals surface area contributed by atoms with Crippen LogP contribution in [-0.4, -0.2) is 0 Å². The predicted octanol–water partition coefficient (Wildman–Crippen LogP) is 6.61. The van der Waals surface area contributed by atoms with Crippen LogP contribution in [-0.2, 0) is 6.42 Å². The summed E-state index contributed by atoms with van der Waals surface area (Å²) >= 11 is 6.42. The number of rotatable bonds is 5. The Morgan fingerprint density at radius 1 is 0.833 bits per heavy atom. The fourth-order valence-electron chi connectivity index (χ4n) is 3.22. The minimum absolute atomic E-state index is 0.206. The van der Waals surface area contributed by atoms with Crippen molar-refractivity contribution in [2.75, 3.05) is 0 Å². The zero-order valence-electron chi connectivity index (χ0n) is 13.6. The third kappa shape index (κ3) is 3.85. The molecule has 0 fully saturated rings. The van der Waals surface area contributed by atoms with Gasteiger partial charge in [-0.05, 0) is 53.1 Å². The smallest absolute Gasteiger partial charge is 0.123 e. The van der Waals surface area contributed by atoms with E-state index in [1.165, 1.54) is 17.7 Å². The summed E-state index contributed by atoms with van der Waals surface area (Å²) < 4.78 is 13.3. The van der Waals surface area contributed by atoms with Crippen LogP contribution >= 0.6 is 11.6 Å². The van der Waals surface area contributed by atoms with Crippen LogP contribution in [0.15, 0.2) is 78.9 Å². The van der Waals surface area contributed by atoms with Gasteiger partial charge >= 0.3 is 0 Å².